The van der Waals surface area contributed by atoms with E-state index in [2.05, 4.69) is 9.97 Å². The number of carbonyl (C=O) groups is 1. The minimum atomic E-state index is -0.197. The first kappa shape index (κ1) is 9.67. The number of aromatic amines is 1. The van der Waals surface area contributed by atoms with Gasteiger partial charge in [-0.1, -0.05) is 0 Å². The quantitative estimate of drug-likeness (QED) is 0.749. The molecule has 78 valence electrons. The Labute approximate surface area is 86.6 Å². The lowest BCUT2D eigenvalue weighted by molar-refractivity contribution is -0.0755. The van der Waals surface area contributed by atoms with E-state index < -0.39 is 0 Å². The molecular formula is C10H11N3O2. The van der Waals surface area contributed by atoms with Crippen molar-refractivity contribution in [2.75, 3.05) is 14.2 Å². The molecule has 1 amide bonds. The minimum Gasteiger partial charge on any atom is -0.345 e. The zero-order chi connectivity index (χ0) is 10.8. The van der Waals surface area contributed by atoms with E-state index in [0.29, 0.717) is 11.2 Å². The summed E-state index contributed by atoms with van der Waals surface area (Å²) in [4.78, 5) is 23.7. The van der Waals surface area contributed by atoms with Crippen LogP contribution in [-0.4, -0.2) is 35.1 Å². The van der Waals surface area contributed by atoms with Gasteiger partial charge in [0.25, 0.3) is 5.91 Å². The van der Waals surface area contributed by atoms with Gasteiger partial charge in [-0.2, -0.15) is 0 Å². The number of amides is 1. The van der Waals surface area contributed by atoms with Crippen LogP contribution in [0.15, 0.2) is 24.5 Å². The van der Waals surface area contributed by atoms with Gasteiger partial charge in [-0.3, -0.25) is 9.63 Å². The highest BCUT2D eigenvalue weighted by Gasteiger charge is 2.15. The van der Waals surface area contributed by atoms with E-state index in [0.717, 1.165) is 5.39 Å². The maximum Gasteiger partial charge on any atom is 0.279 e. The van der Waals surface area contributed by atoms with Crippen molar-refractivity contribution >= 4 is 16.9 Å². The Morgan fingerprint density at radius 1 is 1.60 bits per heavy atom. The van der Waals surface area contributed by atoms with E-state index in [1.54, 1.807) is 25.5 Å². The second-order valence-electron chi connectivity index (χ2n) is 3.09. The molecule has 5 heteroatoms. The topological polar surface area (TPSA) is 58.2 Å². The predicted octanol–water partition coefficient (Wildman–Crippen LogP) is 1.20. The van der Waals surface area contributed by atoms with E-state index in [4.69, 9.17) is 4.84 Å². The lowest BCUT2D eigenvalue weighted by Gasteiger charge is -2.12. The number of H-pyrrole nitrogens is 1. The summed E-state index contributed by atoms with van der Waals surface area (Å²) in [5.74, 6) is -0.197. The smallest absolute Gasteiger partial charge is 0.279 e. The highest BCUT2D eigenvalue weighted by Crippen LogP contribution is 2.16. The fourth-order valence-corrected chi connectivity index (χ4v) is 1.39. The number of rotatable bonds is 2. The van der Waals surface area contributed by atoms with Crippen LogP contribution in [0.1, 0.15) is 10.4 Å². The van der Waals surface area contributed by atoms with Crippen molar-refractivity contribution in [3.05, 3.63) is 30.1 Å². The number of hydroxylamine groups is 2. The molecule has 0 bridgehead atoms. The van der Waals surface area contributed by atoms with Crippen LogP contribution in [0.3, 0.4) is 0 Å². The monoisotopic (exact) mass is 205 g/mol. The van der Waals surface area contributed by atoms with Gasteiger partial charge in [-0.15, -0.1) is 0 Å². The van der Waals surface area contributed by atoms with Crippen molar-refractivity contribution in [2.24, 2.45) is 0 Å². The van der Waals surface area contributed by atoms with Crippen LogP contribution in [0.4, 0.5) is 0 Å². The zero-order valence-electron chi connectivity index (χ0n) is 8.52. The molecule has 2 rings (SSSR count). The molecule has 0 radical (unpaired) electrons. The highest BCUT2D eigenvalue weighted by atomic mass is 16.7. The maximum absolute atomic E-state index is 11.8. The average molecular weight is 205 g/mol. The molecule has 2 aromatic rings. The second kappa shape index (κ2) is 3.70. The summed E-state index contributed by atoms with van der Waals surface area (Å²) in [6.45, 7) is 0. The fraction of sp³-hybridized carbons (Fsp3) is 0.200. The standard InChI is InChI=1S/C10H11N3O2/c1-13(15-2)10(14)8-6-12-9-7(8)4-3-5-11-9/h3-6H,1-2H3,(H,11,12). The molecule has 0 aliphatic heterocycles. The van der Waals surface area contributed by atoms with Crippen molar-refractivity contribution < 1.29 is 9.63 Å². The second-order valence-corrected chi connectivity index (χ2v) is 3.09. The van der Waals surface area contributed by atoms with E-state index in [-0.39, 0.29) is 5.91 Å². The van der Waals surface area contributed by atoms with Crippen molar-refractivity contribution in [3.8, 4) is 0 Å². The van der Waals surface area contributed by atoms with Crippen LogP contribution in [0, 0.1) is 0 Å². The van der Waals surface area contributed by atoms with Gasteiger partial charge in [-0.25, -0.2) is 10.0 Å². The Morgan fingerprint density at radius 3 is 3.13 bits per heavy atom. The first-order valence-corrected chi connectivity index (χ1v) is 4.48. The van der Waals surface area contributed by atoms with Crippen molar-refractivity contribution in [1.82, 2.24) is 15.0 Å². The van der Waals surface area contributed by atoms with Gasteiger partial charge in [-0.05, 0) is 12.1 Å². The number of hydrogen-bond acceptors (Lipinski definition) is 3. The molecule has 0 aliphatic rings. The Morgan fingerprint density at radius 2 is 2.40 bits per heavy atom. The highest BCUT2D eigenvalue weighted by molar-refractivity contribution is 6.05. The lowest BCUT2D eigenvalue weighted by Crippen LogP contribution is -2.25. The van der Waals surface area contributed by atoms with Gasteiger partial charge >= 0.3 is 0 Å². The van der Waals surface area contributed by atoms with Gasteiger partial charge in [0.15, 0.2) is 0 Å². The van der Waals surface area contributed by atoms with Crippen LogP contribution in [0.5, 0.6) is 0 Å². The summed E-state index contributed by atoms with van der Waals surface area (Å²) in [6.07, 6.45) is 3.31. The number of carbonyl (C=O) groups excluding carboxylic acids is 1. The summed E-state index contributed by atoms with van der Waals surface area (Å²) >= 11 is 0. The number of aromatic nitrogens is 2. The van der Waals surface area contributed by atoms with E-state index in [1.807, 2.05) is 6.07 Å². The summed E-state index contributed by atoms with van der Waals surface area (Å²) in [5.41, 5.74) is 1.26. The molecule has 0 saturated carbocycles. The largest absolute Gasteiger partial charge is 0.345 e. The average Bonchev–Trinajstić information content (AvgIpc) is 2.70. The van der Waals surface area contributed by atoms with Crippen LogP contribution in [-0.2, 0) is 4.84 Å². The first-order chi connectivity index (χ1) is 7.24. The van der Waals surface area contributed by atoms with Crippen molar-refractivity contribution in [2.45, 2.75) is 0 Å². The van der Waals surface area contributed by atoms with Crippen LogP contribution >= 0.6 is 0 Å². The molecule has 15 heavy (non-hydrogen) atoms. The normalized spacial score (nSPS) is 10.5. The number of nitrogens with one attached hydrogen (secondary N) is 1. The maximum atomic E-state index is 11.8. The molecule has 0 aromatic carbocycles. The zero-order valence-corrected chi connectivity index (χ0v) is 8.52. The molecule has 2 aromatic heterocycles. The van der Waals surface area contributed by atoms with Gasteiger partial charge in [0.1, 0.15) is 5.65 Å². The van der Waals surface area contributed by atoms with Crippen molar-refractivity contribution in [3.63, 3.8) is 0 Å². The van der Waals surface area contributed by atoms with E-state index >= 15 is 0 Å². The molecule has 0 saturated heterocycles. The molecule has 0 aliphatic carbocycles. The lowest BCUT2D eigenvalue weighted by atomic mass is 10.2. The number of fused-ring (bicyclic) bond motifs is 1. The first-order valence-electron chi connectivity index (χ1n) is 4.48. The third-order valence-electron chi connectivity index (χ3n) is 2.24. The summed E-state index contributed by atoms with van der Waals surface area (Å²) in [5, 5.41) is 1.97. The van der Waals surface area contributed by atoms with Gasteiger partial charge in [0.2, 0.25) is 0 Å². The number of hydrogen-bond donors (Lipinski definition) is 1. The Hall–Kier alpha value is -1.88. The third-order valence-corrected chi connectivity index (χ3v) is 2.24. The van der Waals surface area contributed by atoms with E-state index in [9.17, 15) is 4.79 Å². The molecule has 0 unspecified atom stereocenters. The van der Waals surface area contributed by atoms with Crippen LogP contribution in [0.25, 0.3) is 11.0 Å². The molecule has 1 N–H and O–H groups in total. The van der Waals surface area contributed by atoms with Crippen LogP contribution < -0.4 is 0 Å². The SMILES string of the molecule is CON(C)C(=O)c1c[nH]c2ncccc12. The minimum absolute atomic E-state index is 0.197. The number of pyridine rings is 1. The van der Waals surface area contributed by atoms with Gasteiger partial charge in [0, 0.05) is 24.8 Å². The Kier molecular flexibility index (Phi) is 2.39. The molecule has 0 atom stereocenters. The predicted molar refractivity (Wildman–Crippen MR) is 55.2 cm³/mol. The molecule has 5 nitrogen and oxygen atoms in total. The van der Waals surface area contributed by atoms with Crippen molar-refractivity contribution in [1.29, 1.82) is 0 Å². The molecule has 0 fully saturated rings. The third kappa shape index (κ3) is 1.57. The van der Waals surface area contributed by atoms with Gasteiger partial charge < -0.3 is 4.98 Å². The van der Waals surface area contributed by atoms with E-state index in [1.165, 1.54) is 12.2 Å². The number of nitrogens with zero attached hydrogens (tertiary/aromatic N) is 2. The van der Waals surface area contributed by atoms with Gasteiger partial charge in [0.05, 0.1) is 12.7 Å². The Balaban J connectivity index is 2.48. The molecule has 0 spiro atoms. The molecule has 2 heterocycles. The molecular weight excluding hydrogens is 194 g/mol. The summed E-state index contributed by atoms with van der Waals surface area (Å²) in [7, 11) is 3.02. The summed E-state index contributed by atoms with van der Waals surface area (Å²) in [6, 6.07) is 3.63. The summed E-state index contributed by atoms with van der Waals surface area (Å²) < 4.78 is 0. The van der Waals surface area contributed by atoms with Crippen LogP contribution in [0.2, 0.25) is 0 Å². The fourth-order valence-electron chi connectivity index (χ4n) is 1.39. The Bertz CT molecular complexity index is 492.